The second-order valence-corrected chi connectivity index (χ2v) is 7.33. The quantitative estimate of drug-likeness (QED) is 0.725. The molecule has 0 spiro atoms. The van der Waals surface area contributed by atoms with Gasteiger partial charge < -0.3 is 19.4 Å². The Morgan fingerprint density at radius 3 is 2.72 bits per heavy atom. The van der Waals surface area contributed by atoms with Crippen LogP contribution in [-0.2, 0) is 16.0 Å². The first kappa shape index (κ1) is 19.4. The highest BCUT2D eigenvalue weighted by Crippen LogP contribution is 2.16. The third kappa shape index (κ3) is 4.55. The van der Waals surface area contributed by atoms with Gasteiger partial charge in [0.05, 0.1) is 32.5 Å². The van der Waals surface area contributed by atoms with Crippen LogP contribution >= 0.6 is 0 Å². The predicted octanol–water partition coefficient (Wildman–Crippen LogP) is 2.89. The number of rotatable bonds is 5. The van der Waals surface area contributed by atoms with Gasteiger partial charge in [0, 0.05) is 23.2 Å². The van der Waals surface area contributed by atoms with E-state index < -0.39 is 0 Å². The molecular formula is C23H24N2O4. The van der Waals surface area contributed by atoms with Gasteiger partial charge >= 0.3 is 0 Å². The molecule has 6 nitrogen and oxygen atoms in total. The highest BCUT2D eigenvalue weighted by atomic mass is 16.6. The largest absolute Gasteiger partial charge is 0.376 e. The number of nitrogens with zero attached hydrogens (tertiary/aromatic N) is 1. The van der Waals surface area contributed by atoms with Gasteiger partial charge in [-0.1, -0.05) is 29.8 Å². The molecule has 0 radical (unpaired) electrons. The number of carbonyl (C=O) groups excluding carboxylic acids is 1. The normalized spacial score (nSPS) is 16.7. The molecule has 1 N–H and O–H groups in total. The van der Waals surface area contributed by atoms with Gasteiger partial charge in [0.2, 0.25) is 0 Å². The van der Waals surface area contributed by atoms with E-state index in [1.54, 1.807) is 17.0 Å². The van der Waals surface area contributed by atoms with Crippen molar-refractivity contribution in [2.75, 3.05) is 26.4 Å². The number of aromatic amines is 1. The third-order valence-electron chi connectivity index (χ3n) is 5.05. The van der Waals surface area contributed by atoms with E-state index in [2.05, 4.69) is 4.98 Å². The molecule has 2 aromatic carbocycles. The lowest BCUT2D eigenvalue weighted by Gasteiger charge is -2.30. The first-order valence-corrected chi connectivity index (χ1v) is 9.76. The number of ether oxygens (including phenoxy) is 2. The van der Waals surface area contributed by atoms with Gasteiger partial charge in [0.15, 0.2) is 0 Å². The van der Waals surface area contributed by atoms with Crippen LogP contribution in [0.15, 0.2) is 59.4 Å². The van der Waals surface area contributed by atoms with Gasteiger partial charge in [-0.25, -0.2) is 0 Å². The summed E-state index contributed by atoms with van der Waals surface area (Å²) < 4.78 is 11.2. The molecule has 1 aliphatic rings. The number of nitrogens with one attached hydrogen (secondary N) is 1. The van der Waals surface area contributed by atoms with E-state index >= 15 is 0 Å². The SMILES string of the molecule is Cc1ccc2[nH]c(=O)c(CN(CC3COCCO3)C(=O)c3ccccc3)cc2c1. The summed E-state index contributed by atoms with van der Waals surface area (Å²) in [5, 5.41) is 0.948. The first-order valence-electron chi connectivity index (χ1n) is 9.76. The Bertz CT molecular complexity index is 1060. The molecule has 6 heteroatoms. The van der Waals surface area contributed by atoms with Crippen molar-refractivity contribution < 1.29 is 14.3 Å². The van der Waals surface area contributed by atoms with Crippen molar-refractivity contribution >= 4 is 16.8 Å². The standard InChI is InChI=1S/C23H24N2O4/c1-16-7-8-21-18(11-16)12-19(22(26)24-21)13-25(14-20-15-28-9-10-29-20)23(27)17-5-3-2-4-6-17/h2-8,11-12,20H,9-10,13-15H2,1H3,(H,24,26). The second-order valence-electron chi connectivity index (χ2n) is 7.33. The van der Waals surface area contributed by atoms with Crippen LogP contribution in [0.2, 0.25) is 0 Å². The molecule has 150 valence electrons. The van der Waals surface area contributed by atoms with Crippen molar-refractivity contribution in [2.45, 2.75) is 19.6 Å². The number of hydrogen-bond donors (Lipinski definition) is 1. The lowest BCUT2D eigenvalue weighted by Crippen LogP contribution is -2.43. The summed E-state index contributed by atoms with van der Waals surface area (Å²) in [5.41, 5.74) is 2.84. The van der Waals surface area contributed by atoms with Crippen molar-refractivity contribution in [1.82, 2.24) is 9.88 Å². The zero-order chi connectivity index (χ0) is 20.2. The number of pyridine rings is 1. The lowest BCUT2D eigenvalue weighted by molar-refractivity contribution is -0.0953. The molecule has 1 fully saturated rings. The number of benzene rings is 2. The summed E-state index contributed by atoms with van der Waals surface area (Å²) >= 11 is 0. The van der Waals surface area contributed by atoms with Crippen molar-refractivity contribution in [3.8, 4) is 0 Å². The van der Waals surface area contributed by atoms with Gasteiger partial charge in [-0.05, 0) is 42.6 Å². The molecule has 3 aromatic rings. The Hall–Kier alpha value is -2.96. The van der Waals surface area contributed by atoms with E-state index in [0.717, 1.165) is 16.5 Å². The fourth-order valence-corrected chi connectivity index (χ4v) is 3.56. The van der Waals surface area contributed by atoms with Crippen molar-refractivity contribution in [1.29, 1.82) is 0 Å². The van der Waals surface area contributed by atoms with E-state index in [4.69, 9.17) is 9.47 Å². The lowest BCUT2D eigenvalue weighted by atomic mass is 10.1. The molecule has 1 amide bonds. The van der Waals surface area contributed by atoms with E-state index in [-0.39, 0.29) is 24.1 Å². The Labute approximate surface area is 169 Å². The van der Waals surface area contributed by atoms with Crippen LogP contribution in [0.25, 0.3) is 10.9 Å². The maximum absolute atomic E-state index is 13.2. The van der Waals surface area contributed by atoms with Gasteiger partial charge in [-0.3, -0.25) is 9.59 Å². The highest BCUT2D eigenvalue weighted by Gasteiger charge is 2.24. The molecule has 0 aliphatic carbocycles. The summed E-state index contributed by atoms with van der Waals surface area (Å²) in [6.07, 6.45) is -0.210. The van der Waals surface area contributed by atoms with Crippen LogP contribution in [0.3, 0.4) is 0 Å². The minimum absolute atomic E-state index is 0.136. The summed E-state index contributed by atoms with van der Waals surface area (Å²) in [4.78, 5) is 30.4. The van der Waals surface area contributed by atoms with Crippen molar-refractivity contribution in [3.05, 3.63) is 81.6 Å². The zero-order valence-corrected chi connectivity index (χ0v) is 16.4. The maximum Gasteiger partial charge on any atom is 0.254 e. The number of carbonyl (C=O) groups is 1. The van der Waals surface area contributed by atoms with Crippen LogP contribution < -0.4 is 5.56 Å². The highest BCUT2D eigenvalue weighted by molar-refractivity contribution is 5.94. The zero-order valence-electron chi connectivity index (χ0n) is 16.4. The number of aryl methyl sites for hydroxylation is 1. The van der Waals surface area contributed by atoms with Gasteiger partial charge in [0.25, 0.3) is 11.5 Å². The topological polar surface area (TPSA) is 71.6 Å². The van der Waals surface area contributed by atoms with Crippen LogP contribution in [0.1, 0.15) is 21.5 Å². The first-order chi connectivity index (χ1) is 14.1. The van der Waals surface area contributed by atoms with E-state index in [9.17, 15) is 9.59 Å². The molecule has 1 atom stereocenters. The molecule has 4 rings (SSSR count). The monoisotopic (exact) mass is 392 g/mol. The van der Waals surface area contributed by atoms with Gasteiger partial charge in [-0.2, -0.15) is 0 Å². The third-order valence-corrected chi connectivity index (χ3v) is 5.05. The van der Waals surface area contributed by atoms with Crippen LogP contribution in [0, 0.1) is 6.92 Å². The van der Waals surface area contributed by atoms with Crippen molar-refractivity contribution in [3.63, 3.8) is 0 Å². The Kier molecular flexibility index (Phi) is 5.74. The van der Waals surface area contributed by atoms with E-state index in [0.29, 0.717) is 37.5 Å². The number of hydrogen-bond acceptors (Lipinski definition) is 4. The number of amides is 1. The summed E-state index contributed by atoms with van der Waals surface area (Å²) in [6.45, 7) is 4.08. The number of H-pyrrole nitrogens is 1. The molecule has 1 aliphatic heterocycles. The van der Waals surface area contributed by atoms with Crippen molar-refractivity contribution in [2.24, 2.45) is 0 Å². The van der Waals surface area contributed by atoms with E-state index in [1.165, 1.54) is 0 Å². The molecule has 1 saturated heterocycles. The minimum atomic E-state index is -0.210. The summed E-state index contributed by atoms with van der Waals surface area (Å²) in [7, 11) is 0. The maximum atomic E-state index is 13.2. The van der Waals surface area contributed by atoms with E-state index in [1.807, 2.05) is 49.4 Å². The molecule has 0 bridgehead atoms. The van der Waals surface area contributed by atoms with Gasteiger partial charge in [-0.15, -0.1) is 0 Å². The fourth-order valence-electron chi connectivity index (χ4n) is 3.56. The number of fused-ring (bicyclic) bond motifs is 1. The number of aromatic nitrogens is 1. The summed E-state index contributed by atoms with van der Waals surface area (Å²) in [6, 6.07) is 16.8. The molecule has 29 heavy (non-hydrogen) atoms. The Morgan fingerprint density at radius 2 is 1.97 bits per heavy atom. The second kappa shape index (κ2) is 8.59. The molecule has 1 aromatic heterocycles. The fraction of sp³-hybridized carbons (Fsp3) is 0.304. The van der Waals surface area contributed by atoms with Crippen LogP contribution in [0.4, 0.5) is 0 Å². The molecule has 2 heterocycles. The average Bonchev–Trinajstić information content (AvgIpc) is 2.75. The molecule has 0 saturated carbocycles. The average molecular weight is 392 g/mol. The Balaban J connectivity index is 1.65. The predicted molar refractivity (Wildman–Crippen MR) is 111 cm³/mol. The molecule has 1 unspecified atom stereocenters. The Morgan fingerprint density at radius 1 is 1.14 bits per heavy atom. The minimum Gasteiger partial charge on any atom is -0.376 e. The summed E-state index contributed by atoms with van der Waals surface area (Å²) in [5.74, 6) is -0.136. The molecular weight excluding hydrogens is 368 g/mol. The smallest absolute Gasteiger partial charge is 0.254 e. The van der Waals surface area contributed by atoms with Crippen LogP contribution in [-0.4, -0.2) is 48.3 Å². The van der Waals surface area contributed by atoms with Crippen LogP contribution in [0.5, 0.6) is 0 Å². The van der Waals surface area contributed by atoms with Gasteiger partial charge in [0.1, 0.15) is 0 Å².